The van der Waals surface area contributed by atoms with Gasteiger partial charge in [0.15, 0.2) is 0 Å². The molecule has 4 heteroatoms. The average Bonchev–Trinajstić information content (AvgIpc) is 2.41. The lowest BCUT2D eigenvalue weighted by Gasteiger charge is -2.25. The van der Waals surface area contributed by atoms with Crippen LogP contribution in [0.4, 0.5) is 15.8 Å². The minimum Gasteiger partial charge on any atom is -0.339 e. The van der Waals surface area contributed by atoms with E-state index in [1.807, 2.05) is 30.0 Å². The number of benzene rings is 1. The van der Waals surface area contributed by atoms with Crippen molar-refractivity contribution >= 4 is 11.4 Å². The summed E-state index contributed by atoms with van der Waals surface area (Å²) >= 11 is 0. The molecule has 0 saturated heterocycles. The summed E-state index contributed by atoms with van der Waals surface area (Å²) in [6.45, 7) is 3.18. The van der Waals surface area contributed by atoms with Gasteiger partial charge in [0.05, 0.1) is 5.69 Å². The third-order valence-electron chi connectivity index (χ3n) is 2.92. The van der Waals surface area contributed by atoms with E-state index < -0.39 is 0 Å². The highest BCUT2D eigenvalue weighted by molar-refractivity contribution is 5.63. The van der Waals surface area contributed by atoms with Crippen molar-refractivity contribution in [3.05, 3.63) is 54.1 Å². The Kier molecular flexibility index (Phi) is 4.47. The van der Waals surface area contributed by atoms with E-state index in [1.54, 1.807) is 18.3 Å². The van der Waals surface area contributed by atoms with Gasteiger partial charge in [0, 0.05) is 24.1 Å². The van der Waals surface area contributed by atoms with Crippen LogP contribution >= 0.6 is 0 Å². The normalized spacial score (nSPS) is 10.5. The van der Waals surface area contributed by atoms with E-state index in [-0.39, 0.29) is 5.82 Å². The fourth-order valence-corrected chi connectivity index (χ4v) is 2.01. The SMILES string of the molecule is Cc1cc(N(CCCN)c2ccccc2F)ccn1. The van der Waals surface area contributed by atoms with E-state index in [4.69, 9.17) is 5.73 Å². The van der Waals surface area contributed by atoms with Gasteiger partial charge in [-0.1, -0.05) is 12.1 Å². The third-order valence-corrected chi connectivity index (χ3v) is 2.92. The molecule has 0 spiro atoms. The topological polar surface area (TPSA) is 42.1 Å². The number of hydrogen-bond donors (Lipinski definition) is 1. The van der Waals surface area contributed by atoms with Crippen LogP contribution < -0.4 is 10.6 Å². The van der Waals surface area contributed by atoms with Crippen molar-refractivity contribution in [1.82, 2.24) is 4.98 Å². The van der Waals surface area contributed by atoms with Crippen LogP contribution in [0.3, 0.4) is 0 Å². The quantitative estimate of drug-likeness (QED) is 0.897. The molecule has 2 N–H and O–H groups in total. The van der Waals surface area contributed by atoms with E-state index in [2.05, 4.69) is 4.98 Å². The minimum atomic E-state index is -0.228. The van der Waals surface area contributed by atoms with Gasteiger partial charge in [-0.15, -0.1) is 0 Å². The summed E-state index contributed by atoms with van der Waals surface area (Å²) in [7, 11) is 0. The summed E-state index contributed by atoms with van der Waals surface area (Å²) in [6.07, 6.45) is 2.54. The van der Waals surface area contributed by atoms with E-state index in [1.165, 1.54) is 6.07 Å². The number of anilines is 2. The summed E-state index contributed by atoms with van der Waals surface area (Å²) in [6, 6.07) is 10.6. The maximum absolute atomic E-state index is 14.0. The molecule has 0 amide bonds. The lowest BCUT2D eigenvalue weighted by atomic mass is 10.2. The Morgan fingerprint density at radius 1 is 1.26 bits per heavy atom. The molecule has 0 atom stereocenters. The van der Waals surface area contributed by atoms with E-state index >= 15 is 0 Å². The van der Waals surface area contributed by atoms with Crippen LogP contribution in [0.25, 0.3) is 0 Å². The summed E-state index contributed by atoms with van der Waals surface area (Å²) in [5, 5.41) is 0. The van der Waals surface area contributed by atoms with E-state index in [0.29, 0.717) is 18.8 Å². The number of aromatic nitrogens is 1. The smallest absolute Gasteiger partial charge is 0.146 e. The van der Waals surface area contributed by atoms with Crippen LogP contribution in [0.1, 0.15) is 12.1 Å². The number of hydrogen-bond acceptors (Lipinski definition) is 3. The highest BCUT2D eigenvalue weighted by Gasteiger charge is 2.13. The van der Waals surface area contributed by atoms with Gasteiger partial charge in [0.2, 0.25) is 0 Å². The molecule has 2 aromatic rings. The second-order valence-corrected chi connectivity index (χ2v) is 4.40. The highest BCUT2D eigenvalue weighted by Crippen LogP contribution is 2.27. The highest BCUT2D eigenvalue weighted by atomic mass is 19.1. The average molecular weight is 259 g/mol. The first kappa shape index (κ1) is 13.5. The number of aryl methyl sites for hydroxylation is 1. The second kappa shape index (κ2) is 6.29. The van der Waals surface area contributed by atoms with Crippen molar-refractivity contribution in [2.45, 2.75) is 13.3 Å². The van der Waals surface area contributed by atoms with Gasteiger partial charge < -0.3 is 10.6 Å². The van der Waals surface area contributed by atoms with Crippen LogP contribution in [0.2, 0.25) is 0 Å². The zero-order valence-electron chi connectivity index (χ0n) is 11.0. The Morgan fingerprint density at radius 2 is 2.05 bits per heavy atom. The van der Waals surface area contributed by atoms with Crippen molar-refractivity contribution in [3.63, 3.8) is 0 Å². The third kappa shape index (κ3) is 3.29. The van der Waals surface area contributed by atoms with Gasteiger partial charge in [-0.2, -0.15) is 0 Å². The molecule has 19 heavy (non-hydrogen) atoms. The number of nitrogens with zero attached hydrogens (tertiary/aromatic N) is 2. The Morgan fingerprint density at radius 3 is 2.74 bits per heavy atom. The molecule has 100 valence electrons. The first-order valence-electron chi connectivity index (χ1n) is 6.37. The predicted octanol–water partition coefficient (Wildman–Crippen LogP) is 3.02. The molecule has 3 nitrogen and oxygen atoms in total. The van der Waals surface area contributed by atoms with Crippen molar-refractivity contribution in [2.75, 3.05) is 18.0 Å². The zero-order chi connectivity index (χ0) is 13.7. The summed E-state index contributed by atoms with van der Waals surface area (Å²) in [4.78, 5) is 6.11. The van der Waals surface area contributed by atoms with Crippen LogP contribution in [-0.4, -0.2) is 18.1 Å². The fourth-order valence-electron chi connectivity index (χ4n) is 2.01. The van der Waals surface area contributed by atoms with Crippen LogP contribution in [-0.2, 0) is 0 Å². The molecule has 0 bridgehead atoms. The standard InChI is InChI=1S/C15H18FN3/c1-12-11-13(7-9-18-12)19(10-4-8-17)15-6-3-2-5-14(15)16/h2-3,5-7,9,11H,4,8,10,17H2,1H3. The lowest BCUT2D eigenvalue weighted by Crippen LogP contribution is -2.22. The van der Waals surface area contributed by atoms with E-state index in [9.17, 15) is 4.39 Å². The first-order chi connectivity index (χ1) is 9.22. The molecule has 0 saturated carbocycles. The molecule has 0 fully saturated rings. The van der Waals surface area contributed by atoms with Crippen molar-refractivity contribution in [2.24, 2.45) is 5.73 Å². The molecule has 0 radical (unpaired) electrons. The van der Waals surface area contributed by atoms with Gasteiger partial charge in [0.25, 0.3) is 0 Å². The number of para-hydroxylation sites is 1. The summed E-state index contributed by atoms with van der Waals surface area (Å²) in [5.41, 5.74) is 7.98. The molecule has 0 aliphatic heterocycles. The molecule has 1 heterocycles. The lowest BCUT2D eigenvalue weighted by molar-refractivity contribution is 0.623. The summed E-state index contributed by atoms with van der Waals surface area (Å²) in [5.74, 6) is -0.228. The van der Waals surface area contributed by atoms with Gasteiger partial charge in [0.1, 0.15) is 5.82 Å². The Labute approximate surface area is 112 Å². The molecule has 0 aliphatic rings. The Balaban J connectivity index is 2.38. The van der Waals surface area contributed by atoms with Gasteiger partial charge >= 0.3 is 0 Å². The van der Waals surface area contributed by atoms with Gasteiger partial charge in [-0.25, -0.2) is 4.39 Å². The van der Waals surface area contributed by atoms with Crippen molar-refractivity contribution in [3.8, 4) is 0 Å². The number of nitrogens with two attached hydrogens (primary N) is 1. The van der Waals surface area contributed by atoms with Crippen molar-refractivity contribution in [1.29, 1.82) is 0 Å². The van der Waals surface area contributed by atoms with Crippen molar-refractivity contribution < 1.29 is 4.39 Å². The second-order valence-electron chi connectivity index (χ2n) is 4.40. The molecular weight excluding hydrogens is 241 g/mol. The van der Waals surface area contributed by atoms with Gasteiger partial charge in [-0.05, 0) is 44.2 Å². The largest absolute Gasteiger partial charge is 0.339 e. The van der Waals surface area contributed by atoms with Crippen LogP contribution in [0.5, 0.6) is 0 Å². The first-order valence-corrected chi connectivity index (χ1v) is 6.37. The van der Waals surface area contributed by atoms with E-state index in [0.717, 1.165) is 17.8 Å². The zero-order valence-corrected chi connectivity index (χ0v) is 11.0. The van der Waals surface area contributed by atoms with Crippen LogP contribution in [0.15, 0.2) is 42.6 Å². The number of rotatable bonds is 5. The molecule has 1 aromatic heterocycles. The molecular formula is C15H18FN3. The fraction of sp³-hybridized carbons (Fsp3) is 0.267. The number of halogens is 1. The Hall–Kier alpha value is -1.94. The maximum atomic E-state index is 14.0. The predicted molar refractivity (Wildman–Crippen MR) is 76.1 cm³/mol. The molecule has 0 unspecified atom stereocenters. The monoisotopic (exact) mass is 259 g/mol. The molecule has 0 aliphatic carbocycles. The maximum Gasteiger partial charge on any atom is 0.146 e. The summed E-state index contributed by atoms with van der Waals surface area (Å²) < 4.78 is 14.0. The Bertz CT molecular complexity index is 542. The molecule has 2 rings (SSSR count). The van der Waals surface area contributed by atoms with Crippen LogP contribution in [0, 0.1) is 12.7 Å². The number of pyridine rings is 1. The van der Waals surface area contributed by atoms with Gasteiger partial charge in [-0.3, -0.25) is 4.98 Å². The minimum absolute atomic E-state index is 0.228. The molecule has 1 aromatic carbocycles.